The Morgan fingerprint density at radius 3 is 2.92 bits per heavy atom. The first kappa shape index (κ1) is 17.4. The summed E-state index contributed by atoms with van der Waals surface area (Å²) in [6.45, 7) is 3.63. The summed E-state index contributed by atoms with van der Waals surface area (Å²) in [7, 11) is 2.09. The molecule has 0 aliphatic carbocycles. The second-order valence-corrected chi connectivity index (χ2v) is 6.62. The number of amides is 1. The lowest BCUT2D eigenvalue weighted by atomic mass is 9.91. The van der Waals surface area contributed by atoms with E-state index in [9.17, 15) is 9.18 Å². The average Bonchev–Trinajstić information content (AvgIpc) is 2.59. The third kappa shape index (κ3) is 4.34. The smallest absolute Gasteiger partial charge is 0.244 e. The normalized spacial score (nSPS) is 17.5. The molecule has 0 bridgehead atoms. The van der Waals surface area contributed by atoms with Crippen LogP contribution < -0.4 is 5.32 Å². The van der Waals surface area contributed by atoms with Crippen LogP contribution in [0, 0.1) is 12.7 Å². The summed E-state index contributed by atoms with van der Waals surface area (Å²) in [5.74, 6) is -0.464. The van der Waals surface area contributed by atoms with E-state index >= 15 is 0 Å². The van der Waals surface area contributed by atoms with Gasteiger partial charge >= 0.3 is 0 Å². The number of carbonyl (C=O) groups excluding carboxylic acids is 1. The maximum atomic E-state index is 13.1. The lowest BCUT2D eigenvalue weighted by Gasteiger charge is -2.35. The molecule has 1 heterocycles. The molecule has 4 heteroatoms. The number of halogens is 1. The van der Waals surface area contributed by atoms with Crippen LogP contribution in [0.3, 0.4) is 0 Å². The predicted octanol–water partition coefficient (Wildman–Crippen LogP) is 3.32. The number of likely N-dealkylation sites (N-methyl/N-ethyl adjacent to an activating group) is 1. The molecule has 0 saturated heterocycles. The van der Waals surface area contributed by atoms with Crippen molar-refractivity contribution in [2.75, 3.05) is 13.6 Å². The van der Waals surface area contributed by atoms with E-state index in [0.29, 0.717) is 12.1 Å². The minimum atomic E-state index is -0.305. The van der Waals surface area contributed by atoms with Crippen LogP contribution in [0.2, 0.25) is 0 Å². The Balaban J connectivity index is 1.58. The molecule has 2 aromatic carbocycles. The molecule has 1 aliphatic rings. The van der Waals surface area contributed by atoms with E-state index in [1.54, 1.807) is 18.2 Å². The first-order valence-electron chi connectivity index (χ1n) is 8.52. The number of aryl methyl sites for hydroxylation is 1. The number of hydrogen-bond donors (Lipinski definition) is 1. The number of nitrogens with one attached hydrogen (secondary N) is 1. The van der Waals surface area contributed by atoms with E-state index < -0.39 is 0 Å². The van der Waals surface area contributed by atoms with Gasteiger partial charge in [-0.05, 0) is 60.9 Å². The fraction of sp³-hybridized carbons (Fsp3) is 0.286. The summed E-state index contributed by atoms with van der Waals surface area (Å²) in [4.78, 5) is 14.3. The molecular formula is C21H23FN2O. The number of fused-ring (bicyclic) bond motifs is 1. The Morgan fingerprint density at radius 2 is 2.12 bits per heavy atom. The van der Waals surface area contributed by atoms with E-state index in [4.69, 9.17) is 0 Å². The quantitative estimate of drug-likeness (QED) is 0.868. The molecule has 1 N–H and O–H groups in total. The zero-order valence-electron chi connectivity index (χ0n) is 14.6. The number of carbonyl (C=O) groups is 1. The van der Waals surface area contributed by atoms with Crippen LogP contribution in [-0.2, 0) is 17.8 Å². The van der Waals surface area contributed by atoms with Crippen LogP contribution in [0.4, 0.5) is 4.39 Å². The van der Waals surface area contributed by atoms with Gasteiger partial charge in [-0.15, -0.1) is 0 Å². The molecule has 0 radical (unpaired) electrons. The van der Waals surface area contributed by atoms with Gasteiger partial charge in [-0.3, -0.25) is 9.69 Å². The molecule has 1 atom stereocenters. The summed E-state index contributed by atoms with van der Waals surface area (Å²) in [5.41, 5.74) is 4.76. The van der Waals surface area contributed by atoms with Crippen molar-refractivity contribution in [3.05, 3.63) is 76.6 Å². The van der Waals surface area contributed by atoms with E-state index in [-0.39, 0.29) is 17.8 Å². The van der Waals surface area contributed by atoms with Gasteiger partial charge in [-0.25, -0.2) is 4.39 Å². The largest absolute Gasteiger partial charge is 0.351 e. The van der Waals surface area contributed by atoms with Crippen LogP contribution in [-0.4, -0.2) is 30.4 Å². The van der Waals surface area contributed by atoms with Crippen LogP contribution >= 0.6 is 0 Å². The molecular weight excluding hydrogens is 315 g/mol. The van der Waals surface area contributed by atoms with Gasteiger partial charge in [-0.2, -0.15) is 0 Å². The van der Waals surface area contributed by atoms with Crippen molar-refractivity contribution < 1.29 is 9.18 Å². The maximum absolute atomic E-state index is 13.1. The van der Waals surface area contributed by atoms with Crippen molar-refractivity contribution in [1.29, 1.82) is 0 Å². The van der Waals surface area contributed by atoms with Crippen LogP contribution in [0.15, 0.2) is 48.5 Å². The number of rotatable bonds is 4. The first-order chi connectivity index (χ1) is 12.0. The molecule has 0 aromatic heterocycles. The highest BCUT2D eigenvalue weighted by Gasteiger charge is 2.24. The number of nitrogens with zero attached hydrogens (tertiary/aromatic N) is 1. The van der Waals surface area contributed by atoms with Crippen molar-refractivity contribution in [2.45, 2.75) is 25.9 Å². The molecule has 1 amide bonds. The van der Waals surface area contributed by atoms with Gasteiger partial charge in [0.1, 0.15) is 5.82 Å². The summed E-state index contributed by atoms with van der Waals surface area (Å²) >= 11 is 0. The highest BCUT2D eigenvalue weighted by atomic mass is 19.1. The molecule has 130 valence electrons. The molecule has 25 heavy (non-hydrogen) atoms. The number of hydrogen-bond acceptors (Lipinski definition) is 2. The molecule has 0 saturated carbocycles. The highest BCUT2D eigenvalue weighted by molar-refractivity contribution is 5.91. The molecule has 3 rings (SSSR count). The Kier molecular flexibility index (Phi) is 5.29. The molecule has 2 aromatic rings. The SMILES string of the molecule is Cc1cccc2c1CC(CNC(=O)C=Cc1cccc(F)c1)N(C)C2. The van der Waals surface area contributed by atoms with Crippen molar-refractivity contribution in [2.24, 2.45) is 0 Å². The monoisotopic (exact) mass is 338 g/mol. The fourth-order valence-corrected chi connectivity index (χ4v) is 3.28. The highest BCUT2D eigenvalue weighted by Crippen LogP contribution is 2.24. The lowest BCUT2D eigenvalue weighted by molar-refractivity contribution is -0.116. The first-order valence-corrected chi connectivity index (χ1v) is 8.52. The number of benzene rings is 2. The maximum Gasteiger partial charge on any atom is 0.244 e. The summed E-state index contributed by atoms with van der Waals surface area (Å²) in [5, 5.41) is 2.96. The second kappa shape index (κ2) is 7.62. The predicted molar refractivity (Wildman–Crippen MR) is 98.6 cm³/mol. The van der Waals surface area contributed by atoms with Gasteiger partial charge in [0.25, 0.3) is 0 Å². The van der Waals surface area contributed by atoms with E-state index in [1.165, 1.54) is 34.9 Å². The summed E-state index contributed by atoms with van der Waals surface area (Å²) in [6.07, 6.45) is 4.02. The van der Waals surface area contributed by atoms with Gasteiger partial charge in [-0.1, -0.05) is 30.3 Å². The fourth-order valence-electron chi connectivity index (χ4n) is 3.28. The lowest BCUT2D eigenvalue weighted by Crippen LogP contribution is -2.45. The van der Waals surface area contributed by atoms with Gasteiger partial charge in [0.2, 0.25) is 5.91 Å². The topological polar surface area (TPSA) is 32.3 Å². The Labute approximate surface area is 148 Å². The van der Waals surface area contributed by atoms with Crippen molar-refractivity contribution >= 4 is 12.0 Å². The summed E-state index contributed by atoms with van der Waals surface area (Å²) in [6, 6.07) is 12.9. The van der Waals surface area contributed by atoms with Crippen LogP contribution in [0.5, 0.6) is 0 Å². The molecule has 3 nitrogen and oxygen atoms in total. The van der Waals surface area contributed by atoms with E-state index in [2.05, 4.69) is 42.4 Å². The zero-order chi connectivity index (χ0) is 17.8. The molecule has 1 aliphatic heterocycles. The Bertz CT molecular complexity index is 800. The summed E-state index contributed by atoms with van der Waals surface area (Å²) < 4.78 is 13.1. The molecule has 1 unspecified atom stereocenters. The minimum absolute atomic E-state index is 0.159. The second-order valence-electron chi connectivity index (χ2n) is 6.62. The van der Waals surface area contributed by atoms with Gasteiger partial charge in [0.15, 0.2) is 0 Å². The van der Waals surface area contributed by atoms with Crippen molar-refractivity contribution in [3.63, 3.8) is 0 Å². The molecule has 0 spiro atoms. The third-order valence-electron chi connectivity index (χ3n) is 4.78. The molecule has 0 fully saturated rings. The van der Waals surface area contributed by atoms with E-state index in [1.807, 2.05) is 0 Å². The van der Waals surface area contributed by atoms with Gasteiger partial charge in [0, 0.05) is 25.2 Å². The Hall–Kier alpha value is -2.46. The zero-order valence-corrected chi connectivity index (χ0v) is 14.6. The van der Waals surface area contributed by atoms with Gasteiger partial charge < -0.3 is 5.32 Å². The van der Waals surface area contributed by atoms with Crippen molar-refractivity contribution in [1.82, 2.24) is 10.2 Å². The van der Waals surface area contributed by atoms with E-state index in [0.717, 1.165) is 13.0 Å². The van der Waals surface area contributed by atoms with Crippen LogP contribution in [0.1, 0.15) is 22.3 Å². The third-order valence-corrected chi connectivity index (χ3v) is 4.78. The van der Waals surface area contributed by atoms with Crippen molar-refractivity contribution in [3.8, 4) is 0 Å². The van der Waals surface area contributed by atoms with Gasteiger partial charge in [0.05, 0.1) is 0 Å². The Morgan fingerprint density at radius 1 is 1.32 bits per heavy atom. The standard InChI is InChI=1S/C21H23FN2O/c1-15-5-3-7-17-14-24(2)19(12-20(15)17)13-23-21(25)10-9-16-6-4-8-18(22)11-16/h3-11,19H,12-14H2,1-2H3,(H,23,25). The van der Waals surface area contributed by atoms with Crippen LogP contribution in [0.25, 0.3) is 6.08 Å². The minimum Gasteiger partial charge on any atom is -0.351 e. The average molecular weight is 338 g/mol.